The molecular weight excluding hydrogens is 334 g/mol. The second-order valence-corrected chi connectivity index (χ2v) is 7.68. The fraction of sp³-hybridized carbons (Fsp3) is 0.667. The van der Waals surface area contributed by atoms with Gasteiger partial charge in [-0.1, -0.05) is 10.4 Å². The van der Waals surface area contributed by atoms with E-state index in [1.165, 1.54) is 0 Å². The lowest BCUT2D eigenvalue weighted by Gasteiger charge is -2.37. The summed E-state index contributed by atoms with van der Waals surface area (Å²) in [6.45, 7) is 4.81. The van der Waals surface area contributed by atoms with Gasteiger partial charge in [-0.3, -0.25) is 4.79 Å². The zero-order chi connectivity index (χ0) is 18.3. The van der Waals surface area contributed by atoms with Crippen molar-refractivity contribution in [1.29, 1.82) is 0 Å². The Morgan fingerprint density at radius 1 is 1.31 bits per heavy atom. The third-order valence-corrected chi connectivity index (χ3v) is 5.43. The van der Waals surface area contributed by atoms with Gasteiger partial charge < -0.3 is 14.5 Å². The first-order chi connectivity index (χ1) is 12.5. The molecule has 0 saturated carbocycles. The van der Waals surface area contributed by atoms with Gasteiger partial charge in [0.05, 0.1) is 12.7 Å². The number of aromatic nitrogens is 4. The molecule has 26 heavy (non-hydrogen) atoms. The Labute approximate surface area is 152 Å². The molecule has 0 spiro atoms. The highest BCUT2D eigenvalue weighted by Crippen LogP contribution is 2.32. The van der Waals surface area contributed by atoms with Gasteiger partial charge in [-0.25, -0.2) is 4.68 Å². The lowest BCUT2D eigenvalue weighted by molar-refractivity contribution is -0.0323. The monoisotopic (exact) mass is 359 g/mol. The summed E-state index contributed by atoms with van der Waals surface area (Å²) in [5, 5.41) is 23.4. The molecule has 1 unspecified atom stereocenters. The molecule has 1 aliphatic carbocycles. The van der Waals surface area contributed by atoms with E-state index in [1.807, 2.05) is 13.8 Å². The van der Waals surface area contributed by atoms with Crippen molar-refractivity contribution >= 4 is 5.91 Å². The number of hydrogen-bond donors (Lipinski definition) is 1. The molecule has 0 bridgehead atoms. The minimum absolute atomic E-state index is 0.161. The predicted molar refractivity (Wildman–Crippen MR) is 92.6 cm³/mol. The van der Waals surface area contributed by atoms with Gasteiger partial charge in [0.1, 0.15) is 17.1 Å². The topological polar surface area (TPSA) is 97.3 Å². The van der Waals surface area contributed by atoms with E-state index < -0.39 is 5.60 Å². The summed E-state index contributed by atoms with van der Waals surface area (Å²) in [6, 6.07) is 0.169. The van der Waals surface area contributed by atoms with Gasteiger partial charge in [0.25, 0.3) is 5.91 Å². The van der Waals surface area contributed by atoms with Crippen LogP contribution in [0.15, 0.2) is 10.7 Å². The molecule has 8 heteroatoms. The maximum Gasteiger partial charge on any atom is 0.276 e. The molecule has 1 saturated heterocycles. The quantitative estimate of drug-likeness (QED) is 0.898. The lowest BCUT2D eigenvalue weighted by atomic mass is 9.89. The average molecular weight is 359 g/mol. The number of amides is 1. The standard InChI is InChI=1S/C18H25N5O3/c1-12(2)23-10-15(19-21-23)18(25)8-5-9-22(11-18)17(24)16-13-6-3-4-7-14(13)26-20-16/h10,12,25H,3-9,11H2,1-2H3. The maximum atomic E-state index is 13.0. The van der Waals surface area contributed by atoms with Gasteiger partial charge in [-0.2, -0.15) is 0 Å². The third-order valence-electron chi connectivity index (χ3n) is 5.43. The van der Waals surface area contributed by atoms with Crippen LogP contribution in [0.4, 0.5) is 0 Å². The van der Waals surface area contributed by atoms with Crippen LogP contribution < -0.4 is 0 Å². The van der Waals surface area contributed by atoms with E-state index in [0.717, 1.165) is 37.0 Å². The minimum atomic E-state index is -1.18. The molecule has 8 nitrogen and oxygen atoms in total. The number of fused-ring (bicyclic) bond motifs is 1. The van der Waals surface area contributed by atoms with Crippen molar-refractivity contribution in [3.8, 4) is 0 Å². The highest BCUT2D eigenvalue weighted by molar-refractivity contribution is 5.94. The van der Waals surface area contributed by atoms with E-state index in [-0.39, 0.29) is 18.5 Å². The van der Waals surface area contributed by atoms with Gasteiger partial charge >= 0.3 is 0 Å². The van der Waals surface area contributed by atoms with Crippen molar-refractivity contribution in [1.82, 2.24) is 25.1 Å². The molecule has 2 aromatic rings. The normalized spacial score (nSPS) is 23.3. The Morgan fingerprint density at radius 2 is 2.12 bits per heavy atom. The van der Waals surface area contributed by atoms with Crippen LogP contribution in [0, 0.1) is 0 Å². The van der Waals surface area contributed by atoms with E-state index in [1.54, 1.807) is 15.8 Å². The number of aliphatic hydroxyl groups is 1. The summed E-state index contributed by atoms with van der Waals surface area (Å²) in [4.78, 5) is 14.7. The van der Waals surface area contributed by atoms with Crippen LogP contribution in [0.2, 0.25) is 0 Å². The Balaban J connectivity index is 1.56. The number of aryl methyl sites for hydroxylation is 1. The van der Waals surface area contributed by atoms with Gasteiger partial charge in [0.15, 0.2) is 5.69 Å². The maximum absolute atomic E-state index is 13.0. The first kappa shape index (κ1) is 17.2. The minimum Gasteiger partial charge on any atom is -0.382 e. The highest BCUT2D eigenvalue weighted by Gasteiger charge is 2.40. The average Bonchev–Trinajstić information content (AvgIpc) is 3.29. The zero-order valence-electron chi connectivity index (χ0n) is 15.3. The van der Waals surface area contributed by atoms with Crippen LogP contribution in [0.3, 0.4) is 0 Å². The summed E-state index contributed by atoms with van der Waals surface area (Å²) >= 11 is 0. The molecule has 1 fully saturated rings. The summed E-state index contributed by atoms with van der Waals surface area (Å²) in [6.07, 6.45) is 6.85. The van der Waals surface area contributed by atoms with Crippen molar-refractivity contribution in [3.05, 3.63) is 28.9 Å². The van der Waals surface area contributed by atoms with Crippen LogP contribution in [0.25, 0.3) is 0 Å². The van der Waals surface area contributed by atoms with Crippen molar-refractivity contribution in [3.63, 3.8) is 0 Å². The number of piperidine rings is 1. The molecule has 2 aliphatic rings. The van der Waals surface area contributed by atoms with Crippen LogP contribution in [-0.2, 0) is 18.4 Å². The summed E-state index contributed by atoms with van der Waals surface area (Å²) < 4.78 is 7.10. The largest absolute Gasteiger partial charge is 0.382 e. The Kier molecular flexibility index (Phi) is 4.30. The van der Waals surface area contributed by atoms with Crippen molar-refractivity contribution in [2.45, 2.75) is 64.0 Å². The molecule has 140 valence electrons. The lowest BCUT2D eigenvalue weighted by Crippen LogP contribution is -2.49. The molecule has 1 atom stereocenters. The van der Waals surface area contributed by atoms with Crippen LogP contribution in [0.1, 0.15) is 73.1 Å². The Morgan fingerprint density at radius 3 is 2.88 bits per heavy atom. The van der Waals surface area contributed by atoms with Gasteiger partial charge in [0, 0.05) is 24.6 Å². The number of carbonyl (C=O) groups excluding carboxylic acids is 1. The van der Waals surface area contributed by atoms with Crippen LogP contribution >= 0.6 is 0 Å². The fourth-order valence-corrected chi connectivity index (χ4v) is 3.86. The van der Waals surface area contributed by atoms with Gasteiger partial charge in [-0.15, -0.1) is 5.10 Å². The number of hydrogen-bond acceptors (Lipinski definition) is 6. The molecule has 1 N–H and O–H groups in total. The van der Waals surface area contributed by atoms with Gasteiger partial charge in [0.2, 0.25) is 0 Å². The number of likely N-dealkylation sites (tertiary alicyclic amines) is 1. The molecule has 0 aromatic carbocycles. The van der Waals surface area contributed by atoms with Crippen molar-refractivity contribution in [2.24, 2.45) is 0 Å². The molecule has 0 radical (unpaired) electrons. The number of carbonyl (C=O) groups is 1. The van der Waals surface area contributed by atoms with E-state index in [0.29, 0.717) is 30.8 Å². The van der Waals surface area contributed by atoms with Crippen molar-refractivity contribution < 1.29 is 14.4 Å². The number of β-amino-alcohol motifs (C(OH)–C–C–N with tert-alkyl or cyclic N) is 1. The van der Waals surface area contributed by atoms with E-state index >= 15 is 0 Å². The second-order valence-electron chi connectivity index (χ2n) is 7.68. The Hall–Kier alpha value is -2.22. The summed E-state index contributed by atoms with van der Waals surface area (Å²) in [7, 11) is 0. The van der Waals surface area contributed by atoms with Crippen LogP contribution in [0.5, 0.6) is 0 Å². The van der Waals surface area contributed by atoms with Crippen LogP contribution in [-0.4, -0.2) is 49.2 Å². The first-order valence-corrected chi connectivity index (χ1v) is 9.39. The van der Waals surface area contributed by atoms with Gasteiger partial charge in [-0.05, 0) is 46.0 Å². The summed E-state index contributed by atoms with van der Waals surface area (Å²) in [5.74, 6) is 0.679. The SMILES string of the molecule is CC(C)n1cc(C2(O)CCCN(C(=O)c3noc4c3CCCC4)C2)nn1. The molecule has 2 aromatic heterocycles. The highest BCUT2D eigenvalue weighted by atomic mass is 16.5. The van der Waals surface area contributed by atoms with E-state index in [2.05, 4.69) is 15.5 Å². The third kappa shape index (κ3) is 2.92. The first-order valence-electron chi connectivity index (χ1n) is 9.39. The number of rotatable bonds is 3. The molecule has 1 amide bonds. The van der Waals surface area contributed by atoms with E-state index in [9.17, 15) is 9.90 Å². The molecular formula is C18H25N5O3. The molecule has 1 aliphatic heterocycles. The predicted octanol–water partition coefficient (Wildman–Crippen LogP) is 1.85. The summed E-state index contributed by atoms with van der Waals surface area (Å²) in [5.41, 5.74) is 0.701. The molecule has 4 rings (SSSR count). The zero-order valence-corrected chi connectivity index (χ0v) is 15.3. The van der Waals surface area contributed by atoms with E-state index in [4.69, 9.17) is 4.52 Å². The number of nitrogens with zero attached hydrogens (tertiary/aromatic N) is 5. The molecule has 3 heterocycles. The Bertz CT molecular complexity index is 812. The van der Waals surface area contributed by atoms with Crippen molar-refractivity contribution in [2.75, 3.05) is 13.1 Å². The smallest absolute Gasteiger partial charge is 0.276 e. The second kappa shape index (κ2) is 6.50. The fourth-order valence-electron chi connectivity index (χ4n) is 3.86.